The van der Waals surface area contributed by atoms with Crippen molar-refractivity contribution in [1.82, 2.24) is 9.97 Å². The van der Waals surface area contributed by atoms with E-state index in [0.717, 1.165) is 11.3 Å². The molecule has 0 aliphatic heterocycles. The number of hydrogen-bond acceptors (Lipinski definition) is 4. The van der Waals surface area contributed by atoms with Crippen LogP contribution in [0.15, 0.2) is 36.7 Å². The zero-order valence-electron chi connectivity index (χ0n) is 9.35. The molecule has 0 atom stereocenters. The van der Waals surface area contributed by atoms with Gasteiger partial charge in [-0.15, -0.1) is 0 Å². The minimum atomic E-state index is 0.521. The predicted octanol–water partition coefficient (Wildman–Crippen LogP) is 2.75. The Morgan fingerprint density at radius 3 is 2.71 bits per heavy atom. The van der Waals surface area contributed by atoms with E-state index in [1.54, 1.807) is 25.6 Å². The van der Waals surface area contributed by atoms with Crippen molar-refractivity contribution in [3.8, 4) is 5.75 Å². The number of halogens is 1. The van der Waals surface area contributed by atoms with Gasteiger partial charge in [0.05, 0.1) is 7.11 Å². The van der Waals surface area contributed by atoms with Gasteiger partial charge in [-0.2, -0.15) is 0 Å². The maximum atomic E-state index is 6.11. The Morgan fingerprint density at radius 2 is 2.00 bits per heavy atom. The maximum absolute atomic E-state index is 6.11. The largest absolute Gasteiger partial charge is 0.496 e. The summed E-state index contributed by atoms with van der Waals surface area (Å²) in [6.45, 7) is 0.521. The lowest BCUT2D eigenvalue weighted by Gasteiger charge is -2.10. The van der Waals surface area contributed by atoms with Crippen LogP contribution >= 0.6 is 11.6 Å². The first-order valence-electron chi connectivity index (χ1n) is 5.13. The molecular formula is C12H12ClN3O. The molecule has 0 saturated carbocycles. The molecule has 0 radical (unpaired) electrons. The molecule has 1 N–H and O–H groups in total. The number of benzene rings is 1. The molecule has 0 spiro atoms. The van der Waals surface area contributed by atoms with Crippen LogP contribution in [0.1, 0.15) is 5.56 Å². The lowest BCUT2D eigenvalue weighted by atomic mass is 10.2. The molecule has 0 aliphatic rings. The van der Waals surface area contributed by atoms with Gasteiger partial charge in [-0.25, -0.2) is 9.97 Å². The number of anilines is 1. The normalized spacial score (nSPS) is 10.0. The van der Waals surface area contributed by atoms with E-state index in [1.807, 2.05) is 18.2 Å². The highest BCUT2D eigenvalue weighted by Gasteiger charge is 2.07. The van der Waals surface area contributed by atoms with Crippen LogP contribution in [0.5, 0.6) is 5.75 Å². The average molecular weight is 250 g/mol. The second-order valence-corrected chi connectivity index (χ2v) is 3.75. The molecule has 5 heteroatoms. The molecule has 0 fully saturated rings. The second-order valence-electron chi connectivity index (χ2n) is 3.35. The van der Waals surface area contributed by atoms with Crippen molar-refractivity contribution in [3.63, 3.8) is 0 Å². The quantitative estimate of drug-likeness (QED) is 0.905. The maximum Gasteiger partial charge on any atom is 0.222 e. The molecule has 0 bridgehead atoms. The summed E-state index contributed by atoms with van der Waals surface area (Å²) < 4.78 is 5.25. The number of hydrogen-bond donors (Lipinski definition) is 1. The fraction of sp³-hybridized carbons (Fsp3) is 0.167. The molecule has 4 nitrogen and oxygen atoms in total. The molecular weight excluding hydrogens is 238 g/mol. The van der Waals surface area contributed by atoms with Crippen LogP contribution in [-0.4, -0.2) is 17.1 Å². The third-order valence-electron chi connectivity index (χ3n) is 2.28. The topological polar surface area (TPSA) is 47.0 Å². The van der Waals surface area contributed by atoms with Crippen molar-refractivity contribution in [2.45, 2.75) is 6.54 Å². The molecule has 2 rings (SSSR count). The molecule has 17 heavy (non-hydrogen) atoms. The molecule has 1 heterocycles. The summed E-state index contributed by atoms with van der Waals surface area (Å²) in [6.07, 6.45) is 3.36. The van der Waals surface area contributed by atoms with E-state index < -0.39 is 0 Å². The van der Waals surface area contributed by atoms with Crippen molar-refractivity contribution in [1.29, 1.82) is 0 Å². The predicted molar refractivity (Wildman–Crippen MR) is 67.4 cm³/mol. The first-order chi connectivity index (χ1) is 8.31. The number of methoxy groups -OCH3 is 1. The fourth-order valence-corrected chi connectivity index (χ4v) is 1.69. The fourth-order valence-electron chi connectivity index (χ4n) is 1.46. The third-order valence-corrected chi connectivity index (χ3v) is 2.64. The van der Waals surface area contributed by atoms with Crippen LogP contribution in [0.2, 0.25) is 5.02 Å². The van der Waals surface area contributed by atoms with Gasteiger partial charge in [-0.3, -0.25) is 0 Å². The Hall–Kier alpha value is -1.81. The Balaban J connectivity index is 2.14. The highest BCUT2D eigenvalue weighted by molar-refractivity contribution is 6.31. The summed E-state index contributed by atoms with van der Waals surface area (Å²) in [4.78, 5) is 8.15. The number of nitrogens with one attached hydrogen (secondary N) is 1. The van der Waals surface area contributed by atoms with Crippen LogP contribution < -0.4 is 10.1 Å². The minimum absolute atomic E-state index is 0.521. The summed E-state index contributed by atoms with van der Waals surface area (Å²) in [5.74, 6) is 1.32. The van der Waals surface area contributed by atoms with E-state index in [0.29, 0.717) is 17.5 Å². The summed E-state index contributed by atoms with van der Waals surface area (Å²) >= 11 is 6.11. The van der Waals surface area contributed by atoms with Crippen LogP contribution in [0.4, 0.5) is 5.95 Å². The highest BCUT2D eigenvalue weighted by Crippen LogP contribution is 2.26. The summed E-state index contributed by atoms with van der Waals surface area (Å²) in [5, 5.41) is 3.75. The summed E-state index contributed by atoms with van der Waals surface area (Å²) in [5.41, 5.74) is 0.893. The molecule has 0 amide bonds. The smallest absolute Gasteiger partial charge is 0.222 e. The van der Waals surface area contributed by atoms with Gasteiger partial charge < -0.3 is 10.1 Å². The van der Waals surface area contributed by atoms with Crippen LogP contribution in [-0.2, 0) is 6.54 Å². The molecule has 1 aromatic heterocycles. The Kier molecular flexibility index (Phi) is 3.77. The second kappa shape index (κ2) is 5.50. The summed E-state index contributed by atoms with van der Waals surface area (Å²) in [7, 11) is 1.62. The Bertz CT molecular complexity index is 490. The van der Waals surface area contributed by atoms with Crippen molar-refractivity contribution >= 4 is 17.5 Å². The zero-order valence-corrected chi connectivity index (χ0v) is 10.1. The van der Waals surface area contributed by atoms with E-state index in [-0.39, 0.29) is 0 Å². The SMILES string of the molecule is COc1cccc(Cl)c1CNc1ncccn1. The monoisotopic (exact) mass is 249 g/mol. The van der Waals surface area contributed by atoms with Gasteiger partial charge in [0, 0.05) is 29.5 Å². The molecule has 0 aliphatic carbocycles. The molecule has 2 aromatic rings. The van der Waals surface area contributed by atoms with Gasteiger partial charge in [-0.05, 0) is 18.2 Å². The van der Waals surface area contributed by atoms with E-state index >= 15 is 0 Å². The van der Waals surface area contributed by atoms with Gasteiger partial charge >= 0.3 is 0 Å². The van der Waals surface area contributed by atoms with Crippen molar-refractivity contribution in [3.05, 3.63) is 47.2 Å². The number of aromatic nitrogens is 2. The van der Waals surface area contributed by atoms with Gasteiger partial charge in [-0.1, -0.05) is 17.7 Å². The van der Waals surface area contributed by atoms with Crippen molar-refractivity contribution in [2.24, 2.45) is 0 Å². The molecule has 0 unspecified atom stereocenters. The van der Waals surface area contributed by atoms with Gasteiger partial charge in [0.2, 0.25) is 5.95 Å². The van der Waals surface area contributed by atoms with Crippen LogP contribution in [0.3, 0.4) is 0 Å². The van der Waals surface area contributed by atoms with E-state index in [9.17, 15) is 0 Å². The van der Waals surface area contributed by atoms with E-state index in [4.69, 9.17) is 16.3 Å². The van der Waals surface area contributed by atoms with Crippen LogP contribution in [0, 0.1) is 0 Å². The van der Waals surface area contributed by atoms with Crippen molar-refractivity contribution < 1.29 is 4.74 Å². The number of nitrogens with zero attached hydrogens (tertiary/aromatic N) is 2. The lowest BCUT2D eigenvalue weighted by Crippen LogP contribution is -2.05. The first-order valence-corrected chi connectivity index (χ1v) is 5.51. The van der Waals surface area contributed by atoms with Crippen LogP contribution in [0.25, 0.3) is 0 Å². The third kappa shape index (κ3) is 2.85. The first kappa shape index (κ1) is 11.7. The summed E-state index contributed by atoms with van der Waals surface area (Å²) in [6, 6.07) is 7.31. The van der Waals surface area contributed by atoms with Gasteiger partial charge in [0.1, 0.15) is 5.75 Å². The average Bonchev–Trinajstić information content (AvgIpc) is 2.38. The highest BCUT2D eigenvalue weighted by atomic mass is 35.5. The minimum Gasteiger partial charge on any atom is -0.496 e. The Morgan fingerprint density at radius 1 is 1.24 bits per heavy atom. The zero-order chi connectivity index (χ0) is 12.1. The van der Waals surface area contributed by atoms with E-state index in [1.165, 1.54) is 0 Å². The van der Waals surface area contributed by atoms with E-state index in [2.05, 4.69) is 15.3 Å². The molecule has 88 valence electrons. The lowest BCUT2D eigenvalue weighted by molar-refractivity contribution is 0.410. The van der Waals surface area contributed by atoms with Gasteiger partial charge in [0.25, 0.3) is 0 Å². The van der Waals surface area contributed by atoms with Crippen molar-refractivity contribution in [2.75, 3.05) is 12.4 Å². The molecule has 0 saturated heterocycles. The molecule has 1 aromatic carbocycles. The number of ether oxygens (including phenoxy) is 1. The Labute approximate surface area is 105 Å². The standard InChI is InChI=1S/C12H12ClN3O/c1-17-11-5-2-4-10(13)9(11)8-16-12-14-6-3-7-15-12/h2-7H,8H2,1H3,(H,14,15,16). The van der Waals surface area contributed by atoms with Gasteiger partial charge in [0.15, 0.2) is 0 Å². The number of rotatable bonds is 4.